The summed E-state index contributed by atoms with van der Waals surface area (Å²) < 4.78 is 12.0. The molecule has 0 aliphatic heterocycles. The molecule has 0 radical (unpaired) electrons. The van der Waals surface area contributed by atoms with Gasteiger partial charge in [-0.25, -0.2) is 0 Å². The minimum absolute atomic E-state index is 0.0933. The Morgan fingerprint density at radius 1 is 1.40 bits per heavy atom. The molecular weight excluding hydrogens is 318 g/mol. The van der Waals surface area contributed by atoms with Gasteiger partial charge >= 0.3 is 0 Å². The van der Waals surface area contributed by atoms with Crippen molar-refractivity contribution in [3.63, 3.8) is 0 Å². The van der Waals surface area contributed by atoms with Crippen LogP contribution in [0.2, 0.25) is 0 Å². The Balaban J connectivity index is 2.84. The van der Waals surface area contributed by atoms with E-state index < -0.39 is 0 Å². The van der Waals surface area contributed by atoms with Crippen molar-refractivity contribution < 1.29 is 9.47 Å². The molecule has 0 aliphatic carbocycles. The van der Waals surface area contributed by atoms with Gasteiger partial charge in [0.25, 0.3) is 0 Å². The standard InChI is InChI=1S/C16H22BrNO2/c1-5-8-20-16-14(17)9-12(10-15(16)19-4)11-18-13(6-2)7-3/h2,9-10,13,18H,5,7-8,11H2,1,3-4H3. The van der Waals surface area contributed by atoms with Crippen LogP contribution < -0.4 is 14.8 Å². The summed E-state index contributed by atoms with van der Waals surface area (Å²) in [6.45, 7) is 5.51. The van der Waals surface area contributed by atoms with Crippen molar-refractivity contribution in [1.82, 2.24) is 5.32 Å². The lowest BCUT2D eigenvalue weighted by molar-refractivity contribution is 0.292. The molecule has 0 aromatic heterocycles. The molecule has 1 N–H and O–H groups in total. The summed E-state index contributed by atoms with van der Waals surface area (Å²) in [5.74, 6) is 4.21. The first-order chi connectivity index (χ1) is 9.65. The molecule has 110 valence electrons. The zero-order valence-electron chi connectivity index (χ0n) is 12.3. The molecule has 0 saturated carbocycles. The Morgan fingerprint density at radius 3 is 2.70 bits per heavy atom. The van der Waals surface area contributed by atoms with Gasteiger partial charge in [0, 0.05) is 6.54 Å². The van der Waals surface area contributed by atoms with Crippen LogP contribution in [0.4, 0.5) is 0 Å². The van der Waals surface area contributed by atoms with Crippen LogP contribution >= 0.6 is 15.9 Å². The zero-order valence-corrected chi connectivity index (χ0v) is 13.9. The topological polar surface area (TPSA) is 30.5 Å². The average Bonchev–Trinajstić information content (AvgIpc) is 2.46. The smallest absolute Gasteiger partial charge is 0.175 e. The van der Waals surface area contributed by atoms with Gasteiger partial charge < -0.3 is 9.47 Å². The fourth-order valence-corrected chi connectivity index (χ4v) is 2.39. The number of terminal acetylenes is 1. The first-order valence-corrected chi connectivity index (χ1v) is 7.64. The van der Waals surface area contributed by atoms with Gasteiger partial charge in [-0.2, -0.15) is 0 Å². The fourth-order valence-electron chi connectivity index (χ4n) is 1.78. The van der Waals surface area contributed by atoms with Crippen LogP contribution in [-0.4, -0.2) is 19.8 Å². The summed E-state index contributed by atoms with van der Waals surface area (Å²) in [6.07, 6.45) is 7.31. The van der Waals surface area contributed by atoms with Crippen molar-refractivity contribution in [3.8, 4) is 23.8 Å². The largest absolute Gasteiger partial charge is 0.493 e. The lowest BCUT2D eigenvalue weighted by Gasteiger charge is -2.15. The van der Waals surface area contributed by atoms with E-state index in [1.54, 1.807) is 7.11 Å². The third kappa shape index (κ3) is 4.73. The molecule has 0 aliphatic rings. The molecule has 4 heteroatoms. The first kappa shape index (κ1) is 16.9. The summed E-state index contributed by atoms with van der Waals surface area (Å²) in [7, 11) is 1.65. The Labute approximate surface area is 130 Å². The van der Waals surface area contributed by atoms with E-state index in [2.05, 4.69) is 41.0 Å². The van der Waals surface area contributed by atoms with E-state index in [-0.39, 0.29) is 6.04 Å². The second-order valence-corrected chi connectivity index (χ2v) is 5.32. The summed E-state index contributed by atoms with van der Waals surface area (Å²) in [6, 6.07) is 4.10. The molecule has 0 spiro atoms. The van der Waals surface area contributed by atoms with Crippen LogP contribution in [-0.2, 0) is 6.54 Å². The number of rotatable bonds is 8. The monoisotopic (exact) mass is 339 g/mol. The van der Waals surface area contributed by atoms with Gasteiger partial charge in [-0.3, -0.25) is 5.32 Å². The lowest BCUT2D eigenvalue weighted by Crippen LogP contribution is -2.26. The minimum atomic E-state index is 0.0933. The van der Waals surface area contributed by atoms with Crippen molar-refractivity contribution in [2.24, 2.45) is 0 Å². The molecule has 1 atom stereocenters. The van der Waals surface area contributed by atoms with Gasteiger partial charge in [0.1, 0.15) is 0 Å². The molecule has 3 nitrogen and oxygen atoms in total. The summed E-state index contributed by atoms with van der Waals surface area (Å²) in [4.78, 5) is 0. The number of benzene rings is 1. The van der Waals surface area contributed by atoms with Crippen LogP contribution in [0.25, 0.3) is 0 Å². The molecule has 0 amide bonds. The maximum Gasteiger partial charge on any atom is 0.175 e. The zero-order chi connectivity index (χ0) is 15.0. The molecule has 1 aromatic rings. The minimum Gasteiger partial charge on any atom is -0.493 e. The summed E-state index contributed by atoms with van der Waals surface area (Å²) in [5.41, 5.74) is 1.10. The molecule has 1 aromatic carbocycles. The molecule has 0 heterocycles. The van der Waals surface area contributed by atoms with Crippen LogP contribution in [0.1, 0.15) is 32.3 Å². The molecule has 0 bridgehead atoms. The molecule has 1 unspecified atom stereocenters. The summed E-state index contributed by atoms with van der Waals surface area (Å²) >= 11 is 3.54. The second-order valence-electron chi connectivity index (χ2n) is 4.47. The van der Waals surface area contributed by atoms with Crippen molar-refractivity contribution >= 4 is 15.9 Å². The maximum atomic E-state index is 5.71. The number of ether oxygens (including phenoxy) is 2. The summed E-state index contributed by atoms with van der Waals surface area (Å²) in [5, 5.41) is 3.32. The predicted molar refractivity (Wildman–Crippen MR) is 86.2 cm³/mol. The van der Waals surface area contributed by atoms with E-state index in [9.17, 15) is 0 Å². The molecule has 20 heavy (non-hydrogen) atoms. The van der Waals surface area contributed by atoms with E-state index in [0.717, 1.165) is 34.4 Å². The van der Waals surface area contributed by atoms with Gasteiger partial charge in [0.05, 0.1) is 24.2 Å². The molecular formula is C16H22BrNO2. The third-order valence-corrected chi connectivity index (χ3v) is 3.49. The van der Waals surface area contributed by atoms with Gasteiger partial charge in [-0.05, 0) is 46.5 Å². The van der Waals surface area contributed by atoms with Crippen LogP contribution in [0.15, 0.2) is 16.6 Å². The predicted octanol–water partition coefficient (Wildman–Crippen LogP) is 3.75. The van der Waals surface area contributed by atoms with Gasteiger partial charge in [-0.1, -0.05) is 19.8 Å². The van der Waals surface area contributed by atoms with E-state index in [0.29, 0.717) is 13.2 Å². The molecule has 0 saturated heterocycles. The molecule has 1 rings (SSSR count). The van der Waals surface area contributed by atoms with E-state index >= 15 is 0 Å². The number of hydrogen-bond donors (Lipinski definition) is 1. The third-order valence-electron chi connectivity index (χ3n) is 2.90. The number of methoxy groups -OCH3 is 1. The quantitative estimate of drug-likeness (QED) is 0.731. The Hall–Kier alpha value is -1.18. The van der Waals surface area contributed by atoms with Crippen molar-refractivity contribution in [3.05, 3.63) is 22.2 Å². The van der Waals surface area contributed by atoms with E-state index in [1.807, 2.05) is 12.1 Å². The van der Waals surface area contributed by atoms with E-state index in [1.165, 1.54) is 0 Å². The average molecular weight is 340 g/mol. The number of nitrogens with one attached hydrogen (secondary N) is 1. The highest BCUT2D eigenvalue weighted by atomic mass is 79.9. The second kappa shape index (κ2) is 8.89. The van der Waals surface area contributed by atoms with Crippen molar-refractivity contribution in [1.29, 1.82) is 0 Å². The normalized spacial score (nSPS) is 11.8. The van der Waals surface area contributed by atoms with Gasteiger partial charge in [0.15, 0.2) is 11.5 Å². The van der Waals surface area contributed by atoms with Gasteiger partial charge in [0.2, 0.25) is 0 Å². The maximum absolute atomic E-state index is 5.71. The highest BCUT2D eigenvalue weighted by Crippen LogP contribution is 2.36. The van der Waals surface area contributed by atoms with E-state index in [4.69, 9.17) is 15.9 Å². The highest BCUT2D eigenvalue weighted by Gasteiger charge is 2.12. The number of hydrogen-bond acceptors (Lipinski definition) is 3. The fraction of sp³-hybridized carbons (Fsp3) is 0.500. The van der Waals surface area contributed by atoms with Crippen molar-refractivity contribution in [2.75, 3.05) is 13.7 Å². The van der Waals surface area contributed by atoms with Crippen molar-refractivity contribution in [2.45, 2.75) is 39.3 Å². The van der Waals surface area contributed by atoms with Crippen LogP contribution in [0.5, 0.6) is 11.5 Å². The molecule has 0 fully saturated rings. The lowest BCUT2D eigenvalue weighted by atomic mass is 10.1. The highest BCUT2D eigenvalue weighted by molar-refractivity contribution is 9.10. The number of halogens is 1. The Bertz CT molecular complexity index is 468. The Kier molecular flexibility index (Phi) is 7.50. The van der Waals surface area contributed by atoms with Crippen LogP contribution in [0.3, 0.4) is 0 Å². The Morgan fingerprint density at radius 2 is 2.15 bits per heavy atom. The van der Waals surface area contributed by atoms with Crippen LogP contribution in [0, 0.1) is 12.3 Å². The SMILES string of the molecule is C#CC(CC)NCc1cc(Br)c(OCCC)c(OC)c1. The van der Waals surface area contributed by atoms with Gasteiger partial charge in [-0.15, -0.1) is 6.42 Å². The first-order valence-electron chi connectivity index (χ1n) is 6.84.